The molecule has 4 rings (SSSR count). The van der Waals surface area contributed by atoms with Gasteiger partial charge in [-0.1, -0.05) is 37.5 Å². The van der Waals surface area contributed by atoms with Crippen LogP contribution < -0.4 is 10.2 Å². The monoisotopic (exact) mass is 419 g/mol. The van der Waals surface area contributed by atoms with Gasteiger partial charge in [0.05, 0.1) is 17.3 Å². The molecule has 1 aromatic heterocycles. The van der Waals surface area contributed by atoms with Crippen molar-refractivity contribution in [1.29, 1.82) is 10.8 Å². The Morgan fingerprint density at radius 1 is 1.19 bits per heavy atom. The normalized spacial score (nSPS) is 22.8. The Hall–Kier alpha value is -2.57. The smallest absolute Gasteiger partial charge is 0.138 e. The first-order chi connectivity index (χ1) is 15.2. The molecule has 3 N–H and O–H groups in total. The summed E-state index contributed by atoms with van der Waals surface area (Å²) in [6.45, 7) is 1.63. The molecule has 1 saturated carbocycles. The van der Waals surface area contributed by atoms with Crippen LogP contribution in [0.3, 0.4) is 0 Å². The van der Waals surface area contributed by atoms with E-state index in [-0.39, 0.29) is 6.10 Å². The number of nitrogens with one attached hydrogen (secondary N) is 3. The molecular weight excluding hydrogens is 386 g/mol. The van der Waals surface area contributed by atoms with Crippen molar-refractivity contribution in [2.75, 3.05) is 25.1 Å². The van der Waals surface area contributed by atoms with Gasteiger partial charge in [0.25, 0.3) is 0 Å². The van der Waals surface area contributed by atoms with Crippen LogP contribution in [0.5, 0.6) is 0 Å². The highest BCUT2D eigenvalue weighted by atomic mass is 16.5. The molecule has 0 amide bonds. The second kappa shape index (κ2) is 10.2. The number of nitrogens with zero attached hydrogens (tertiary/aromatic N) is 2. The van der Waals surface area contributed by atoms with E-state index in [1.165, 1.54) is 38.3 Å². The lowest BCUT2D eigenvalue weighted by atomic mass is 9.92. The fourth-order valence-corrected chi connectivity index (χ4v) is 4.89. The summed E-state index contributed by atoms with van der Waals surface area (Å²) in [6.07, 6.45) is 12.1. The summed E-state index contributed by atoms with van der Waals surface area (Å²) < 4.78 is 5.92. The average Bonchev–Trinajstić information content (AvgIpc) is 2.82. The molecule has 2 fully saturated rings. The van der Waals surface area contributed by atoms with Gasteiger partial charge in [-0.25, -0.2) is 4.98 Å². The van der Waals surface area contributed by atoms with Crippen molar-refractivity contribution in [3.05, 3.63) is 48.0 Å². The number of rotatable bonds is 7. The molecule has 0 bridgehead atoms. The number of para-hydroxylation sites is 1. The minimum Gasteiger partial charge on any atom is -0.378 e. The maximum Gasteiger partial charge on any atom is 0.138 e. The van der Waals surface area contributed by atoms with Gasteiger partial charge in [-0.3, -0.25) is 0 Å². The number of aromatic nitrogens is 1. The molecule has 31 heavy (non-hydrogen) atoms. The number of methoxy groups -OCH3 is 1. The van der Waals surface area contributed by atoms with E-state index >= 15 is 0 Å². The Morgan fingerprint density at radius 2 is 2.00 bits per heavy atom. The van der Waals surface area contributed by atoms with Crippen molar-refractivity contribution < 1.29 is 4.74 Å². The van der Waals surface area contributed by atoms with Crippen molar-refractivity contribution in [2.45, 2.75) is 56.7 Å². The Balaban J connectivity index is 1.59. The molecule has 2 unspecified atom stereocenters. The van der Waals surface area contributed by atoms with E-state index in [9.17, 15) is 0 Å². The van der Waals surface area contributed by atoms with Gasteiger partial charge in [0.1, 0.15) is 5.82 Å². The van der Waals surface area contributed by atoms with Crippen molar-refractivity contribution >= 4 is 28.6 Å². The van der Waals surface area contributed by atoms with Gasteiger partial charge in [-0.2, -0.15) is 0 Å². The van der Waals surface area contributed by atoms with Crippen LogP contribution in [0.15, 0.2) is 42.5 Å². The number of benzene rings is 1. The first-order valence-electron chi connectivity index (χ1n) is 11.4. The summed E-state index contributed by atoms with van der Waals surface area (Å²) in [5, 5.41) is 20.7. The third-order valence-electron chi connectivity index (χ3n) is 6.57. The fraction of sp³-hybridized carbons (Fsp3) is 0.480. The summed E-state index contributed by atoms with van der Waals surface area (Å²) in [4.78, 5) is 7.22. The zero-order valence-electron chi connectivity index (χ0n) is 18.3. The van der Waals surface area contributed by atoms with Gasteiger partial charge in [-0.15, -0.1) is 0 Å². The summed E-state index contributed by atoms with van der Waals surface area (Å²) >= 11 is 0. The highest BCUT2D eigenvalue weighted by Gasteiger charge is 2.32. The SMILES string of the molecule is COC1CN(c2nc3ccccc3cc2C(=N)/C=C\C=N)CCC1NC1CCCCC1. The predicted molar refractivity (Wildman–Crippen MR) is 128 cm³/mol. The van der Waals surface area contributed by atoms with Crippen LogP contribution >= 0.6 is 0 Å². The minimum atomic E-state index is 0.0862. The lowest BCUT2D eigenvalue weighted by Crippen LogP contribution is -2.56. The lowest BCUT2D eigenvalue weighted by molar-refractivity contribution is 0.0534. The highest BCUT2D eigenvalue weighted by Crippen LogP contribution is 2.28. The first-order valence-corrected chi connectivity index (χ1v) is 11.4. The molecule has 2 atom stereocenters. The number of piperidine rings is 1. The second-order valence-corrected chi connectivity index (χ2v) is 8.61. The van der Waals surface area contributed by atoms with E-state index in [0.717, 1.165) is 41.8 Å². The predicted octanol–water partition coefficient (Wildman–Crippen LogP) is 4.32. The molecule has 6 heteroatoms. The standard InChI is InChI=1S/C25H33N5O/c1-31-24-17-30(15-13-23(24)28-19-9-3-2-4-10-19)25-20(21(27)11-7-14-26)16-18-8-5-6-12-22(18)29-25/h5-8,11-12,14,16,19,23-24,26-28H,2-4,9-10,13,15,17H2,1H3/b11-7-,26-14?,27-21?. The van der Waals surface area contributed by atoms with Crippen LogP contribution in [0.2, 0.25) is 0 Å². The number of fused-ring (bicyclic) bond motifs is 1. The van der Waals surface area contributed by atoms with Crippen LogP contribution in [0.1, 0.15) is 44.1 Å². The Morgan fingerprint density at radius 3 is 2.77 bits per heavy atom. The van der Waals surface area contributed by atoms with E-state index in [0.29, 0.717) is 17.8 Å². The fourth-order valence-electron chi connectivity index (χ4n) is 4.89. The Bertz CT molecular complexity index is 950. The van der Waals surface area contributed by atoms with Crippen LogP contribution in [-0.4, -0.2) is 55.3 Å². The van der Waals surface area contributed by atoms with Crippen LogP contribution in [-0.2, 0) is 4.74 Å². The molecule has 2 aromatic rings. The molecule has 2 heterocycles. The van der Waals surface area contributed by atoms with Gasteiger partial charge >= 0.3 is 0 Å². The van der Waals surface area contributed by atoms with Crippen molar-refractivity contribution in [3.8, 4) is 0 Å². The van der Waals surface area contributed by atoms with Crippen molar-refractivity contribution in [1.82, 2.24) is 10.3 Å². The first kappa shape index (κ1) is 21.7. The van der Waals surface area contributed by atoms with Crippen molar-refractivity contribution in [2.24, 2.45) is 0 Å². The third-order valence-corrected chi connectivity index (χ3v) is 6.57. The molecule has 1 aliphatic carbocycles. The summed E-state index contributed by atoms with van der Waals surface area (Å²) in [5.41, 5.74) is 2.10. The van der Waals surface area contributed by atoms with Gasteiger partial charge in [-0.05, 0) is 43.5 Å². The summed E-state index contributed by atoms with van der Waals surface area (Å²) in [7, 11) is 1.80. The molecular formula is C25H33N5O. The quantitative estimate of drug-likeness (QED) is 0.583. The Labute approximate surface area is 184 Å². The topological polar surface area (TPSA) is 85.1 Å². The molecule has 1 saturated heterocycles. The van der Waals surface area contributed by atoms with Gasteiger partial charge < -0.3 is 25.8 Å². The van der Waals surface area contributed by atoms with E-state index in [4.69, 9.17) is 20.5 Å². The van der Waals surface area contributed by atoms with E-state index in [1.807, 2.05) is 30.3 Å². The number of hydrogen-bond acceptors (Lipinski definition) is 6. The zero-order valence-corrected chi connectivity index (χ0v) is 18.3. The summed E-state index contributed by atoms with van der Waals surface area (Å²) in [6, 6.07) is 11.0. The van der Waals surface area contributed by atoms with Gasteiger partial charge in [0, 0.05) is 49.4 Å². The largest absolute Gasteiger partial charge is 0.378 e. The summed E-state index contributed by atoms with van der Waals surface area (Å²) in [5.74, 6) is 0.830. The van der Waals surface area contributed by atoms with Crippen LogP contribution in [0.4, 0.5) is 5.82 Å². The number of pyridine rings is 1. The van der Waals surface area contributed by atoms with Gasteiger partial charge in [0.15, 0.2) is 0 Å². The minimum absolute atomic E-state index is 0.0862. The van der Waals surface area contributed by atoms with Crippen LogP contribution in [0, 0.1) is 10.8 Å². The molecule has 6 nitrogen and oxygen atoms in total. The zero-order chi connectivity index (χ0) is 21.6. The molecule has 2 aliphatic rings. The second-order valence-electron chi connectivity index (χ2n) is 8.61. The number of ether oxygens (including phenoxy) is 1. The number of anilines is 1. The van der Waals surface area contributed by atoms with Gasteiger partial charge in [0.2, 0.25) is 0 Å². The highest BCUT2D eigenvalue weighted by molar-refractivity contribution is 6.12. The van der Waals surface area contributed by atoms with E-state index in [1.54, 1.807) is 19.3 Å². The van der Waals surface area contributed by atoms with E-state index in [2.05, 4.69) is 10.2 Å². The molecule has 0 spiro atoms. The average molecular weight is 420 g/mol. The van der Waals surface area contributed by atoms with Crippen LogP contribution in [0.25, 0.3) is 10.9 Å². The number of allylic oxidation sites excluding steroid dienone is 2. The molecule has 1 aliphatic heterocycles. The Kier molecular flexibility index (Phi) is 7.10. The molecule has 1 aromatic carbocycles. The lowest BCUT2D eigenvalue weighted by Gasteiger charge is -2.41. The maximum atomic E-state index is 8.57. The maximum absolute atomic E-state index is 8.57. The molecule has 0 radical (unpaired) electrons. The van der Waals surface area contributed by atoms with Crippen molar-refractivity contribution in [3.63, 3.8) is 0 Å². The molecule has 164 valence electrons. The van der Waals surface area contributed by atoms with E-state index < -0.39 is 0 Å². The third kappa shape index (κ3) is 5.02. The number of hydrogen-bond donors (Lipinski definition) is 3.